The summed E-state index contributed by atoms with van der Waals surface area (Å²) in [5, 5.41) is 7.24. The van der Waals surface area contributed by atoms with Crippen LogP contribution in [-0.2, 0) is 4.84 Å². The van der Waals surface area contributed by atoms with E-state index < -0.39 is 11.9 Å². The van der Waals surface area contributed by atoms with E-state index in [2.05, 4.69) is 25.4 Å². The molecule has 180 valence electrons. The summed E-state index contributed by atoms with van der Waals surface area (Å²) in [6, 6.07) is 16.0. The molecule has 0 fully saturated rings. The van der Waals surface area contributed by atoms with Crippen LogP contribution in [0.1, 0.15) is 58.2 Å². The molecule has 2 atom stereocenters. The highest BCUT2D eigenvalue weighted by molar-refractivity contribution is 6.05. The largest absolute Gasteiger partial charge is 0.385 e. The van der Waals surface area contributed by atoms with Gasteiger partial charge in [-0.2, -0.15) is 0 Å². The Morgan fingerprint density at radius 3 is 2.67 bits per heavy atom. The van der Waals surface area contributed by atoms with Crippen molar-refractivity contribution in [3.8, 4) is 11.3 Å². The third-order valence-electron chi connectivity index (χ3n) is 6.00. The van der Waals surface area contributed by atoms with E-state index in [1.54, 1.807) is 31.5 Å². The monoisotopic (exact) mass is 481 g/mol. The number of rotatable bonds is 6. The molecule has 5 rings (SSSR count). The molecule has 4 aromatic rings. The van der Waals surface area contributed by atoms with Gasteiger partial charge in [-0.05, 0) is 67.4 Å². The summed E-state index contributed by atoms with van der Waals surface area (Å²) in [7, 11) is 0. The number of pyridine rings is 3. The standard InChI is InChI=1S/C28H24FN5O2/c1-17-6-7-24(32-14-17)19-9-20(26-13-27(36-34-26)25-5-3-4-8-31-25)11-21(10-19)28(35)33-18(2)22-12-23(29)16-30-15-22/h3-12,14-16,18,27H,13H2,1-2H3,(H,33,35)/t18-,27?/m0/s1. The van der Waals surface area contributed by atoms with Crippen molar-refractivity contribution in [1.29, 1.82) is 0 Å². The molecule has 1 aliphatic heterocycles. The van der Waals surface area contributed by atoms with E-state index in [9.17, 15) is 9.18 Å². The lowest BCUT2D eigenvalue weighted by atomic mass is 9.96. The van der Waals surface area contributed by atoms with Gasteiger partial charge < -0.3 is 10.2 Å². The first-order chi connectivity index (χ1) is 17.5. The van der Waals surface area contributed by atoms with Crippen LogP contribution in [-0.4, -0.2) is 26.6 Å². The van der Waals surface area contributed by atoms with Gasteiger partial charge in [0, 0.05) is 41.7 Å². The molecule has 1 N–H and O–H groups in total. The average molecular weight is 482 g/mol. The van der Waals surface area contributed by atoms with Gasteiger partial charge in [0.2, 0.25) is 0 Å². The summed E-state index contributed by atoms with van der Waals surface area (Å²) in [5.74, 6) is -0.757. The number of carbonyl (C=O) groups is 1. The number of benzene rings is 1. The van der Waals surface area contributed by atoms with Gasteiger partial charge in [0.15, 0.2) is 6.10 Å². The summed E-state index contributed by atoms with van der Waals surface area (Å²) < 4.78 is 13.6. The number of nitrogens with zero attached hydrogens (tertiary/aromatic N) is 4. The van der Waals surface area contributed by atoms with Gasteiger partial charge in [-0.3, -0.25) is 19.7 Å². The van der Waals surface area contributed by atoms with Gasteiger partial charge in [0.05, 0.1) is 29.3 Å². The maximum atomic E-state index is 13.6. The van der Waals surface area contributed by atoms with Crippen molar-refractivity contribution in [3.63, 3.8) is 0 Å². The molecular weight excluding hydrogens is 457 g/mol. The lowest BCUT2D eigenvalue weighted by molar-refractivity contribution is 0.0826. The number of aryl methyl sites for hydroxylation is 1. The molecule has 0 aliphatic carbocycles. The maximum Gasteiger partial charge on any atom is 0.251 e. The van der Waals surface area contributed by atoms with Crippen molar-refractivity contribution in [2.45, 2.75) is 32.4 Å². The molecule has 7 nitrogen and oxygen atoms in total. The quantitative estimate of drug-likeness (QED) is 0.401. The van der Waals surface area contributed by atoms with Crippen LogP contribution in [0.2, 0.25) is 0 Å². The molecule has 4 heterocycles. The van der Waals surface area contributed by atoms with Crippen molar-refractivity contribution in [2.75, 3.05) is 0 Å². The molecule has 0 bridgehead atoms. The van der Waals surface area contributed by atoms with Crippen molar-refractivity contribution >= 4 is 11.6 Å². The summed E-state index contributed by atoms with van der Waals surface area (Å²) in [4.78, 5) is 31.7. The molecular formula is C28H24FN5O2. The van der Waals surface area contributed by atoms with Crippen LogP contribution in [0.5, 0.6) is 0 Å². The topological polar surface area (TPSA) is 89.4 Å². The van der Waals surface area contributed by atoms with E-state index in [0.29, 0.717) is 17.5 Å². The highest BCUT2D eigenvalue weighted by Crippen LogP contribution is 2.30. The van der Waals surface area contributed by atoms with E-state index in [4.69, 9.17) is 4.84 Å². The Balaban J connectivity index is 1.46. The SMILES string of the molecule is Cc1ccc(-c2cc(C(=O)N[C@@H](C)c3cncc(F)c3)cc(C3=NOC(c4ccccn4)C3)c2)nc1. The highest BCUT2D eigenvalue weighted by Gasteiger charge is 2.26. The number of halogens is 1. The lowest BCUT2D eigenvalue weighted by Crippen LogP contribution is -2.27. The van der Waals surface area contributed by atoms with Crippen molar-refractivity contribution in [2.24, 2.45) is 5.16 Å². The van der Waals surface area contributed by atoms with Gasteiger partial charge >= 0.3 is 0 Å². The summed E-state index contributed by atoms with van der Waals surface area (Å²) in [6.07, 6.45) is 6.40. The molecule has 1 aromatic carbocycles. The van der Waals surface area contributed by atoms with Crippen molar-refractivity contribution in [1.82, 2.24) is 20.3 Å². The second-order valence-electron chi connectivity index (χ2n) is 8.74. The maximum absolute atomic E-state index is 13.6. The van der Waals surface area contributed by atoms with Gasteiger partial charge in [-0.1, -0.05) is 17.3 Å². The lowest BCUT2D eigenvalue weighted by Gasteiger charge is -2.15. The summed E-state index contributed by atoms with van der Waals surface area (Å²) in [6.45, 7) is 3.75. The Labute approximate surface area is 208 Å². The van der Waals surface area contributed by atoms with Gasteiger partial charge in [-0.15, -0.1) is 0 Å². The minimum absolute atomic E-state index is 0.292. The number of aromatic nitrogens is 3. The fourth-order valence-corrected chi connectivity index (χ4v) is 4.01. The van der Waals surface area contributed by atoms with Crippen LogP contribution < -0.4 is 5.32 Å². The summed E-state index contributed by atoms with van der Waals surface area (Å²) in [5.41, 5.74) is 5.84. The Kier molecular flexibility index (Phi) is 6.49. The van der Waals surface area contributed by atoms with Crippen LogP contribution in [0.4, 0.5) is 4.39 Å². The number of amides is 1. The third-order valence-corrected chi connectivity index (χ3v) is 6.00. The average Bonchev–Trinajstić information content (AvgIpc) is 3.40. The molecule has 0 spiro atoms. The smallest absolute Gasteiger partial charge is 0.251 e. The Morgan fingerprint density at radius 2 is 1.92 bits per heavy atom. The van der Waals surface area contributed by atoms with Crippen LogP contribution in [0.3, 0.4) is 0 Å². The van der Waals surface area contributed by atoms with E-state index in [1.165, 1.54) is 12.3 Å². The highest BCUT2D eigenvalue weighted by atomic mass is 19.1. The second-order valence-corrected chi connectivity index (χ2v) is 8.74. The van der Waals surface area contributed by atoms with Gasteiger partial charge in [0.1, 0.15) is 5.82 Å². The second kappa shape index (κ2) is 10.0. The minimum atomic E-state index is -0.454. The van der Waals surface area contributed by atoms with Crippen LogP contribution in [0.15, 0.2) is 84.5 Å². The first kappa shape index (κ1) is 23.3. The minimum Gasteiger partial charge on any atom is -0.385 e. The molecule has 0 saturated carbocycles. The normalized spacial score (nSPS) is 15.6. The molecule has 0 radical (unpaired) electrons. The number of hydrogen-bond acceptors (Lipinski definition) is 6. The van der Waals surface area contributed by atoms with E-state index in [-0.39, 0.29) is 12.0 Å². The molecule has 0 saturated heterocycles. The Bertz CT molecular complexity index is 1420. The predicted molar refractivity (Wildman–Crippen MR) is 134 cm³/mol. The number of hydrogen-bond donors (Lipinski definition) is 1. The first-order valence-electron chi connectivity index (χ1n) is 11.6. The fourth-order valence-electron chi connectivity index (χ4n) is 4.01. The number of nitrogens with one attached hydrogen (secondary N) is 1. The fraction of sp³-hybridized carbons (Fsp3) is 0.179. The Hall–Kier alpha value is -4.46. The first-order valence-corrected chi connectivity index (χ1v) is 11.6. The zero-order valence-corrected chi connectivity index (χ0v) is 19.9. The number of carbonyl (C=O) groups excluding carboxylic acids is 1. The zero-order valence-electron chi connectivity index (χ0n) is 19.9. The molecule has 1 amide bonds. The summed E-state index contributed by atoms with van der Waals surface area (Å²) >= 11 is 0. The Morgan fingerprint density at radius 1 is 1.06 bits per heavy atom. The molecule has 1 unspecified atom stereocenters. The van der Waals surface area contributed by atoms with Gasteiger partial charge in [0.25, 0.3) is 5.91 Å². The van der Waals surface area contributed by atoms with E-state index in [1.807, 2.05) is 43.3 Å². The van der Waals surface area contributed by atoms with Crippen molar-refractivity contribution < 1.29 is 14.0 Å². The zero-order chi connectivity index (χ0) is 25.1. The van der Waals surface area contributed by atoms with Gasteiger partial charge in [-0.25, -0.2) is 4.39 Å². The van der Waals surface area contributed by atoms with E-state index >= 15 is 0 Å². The molecule has 1 aliphatic rings. The predicted octanol–water partition coefficient (Wildman–Crippen LogP) is 5.34. The van der Waals surface area contributed by atoms with Crippen molar-refractivity contribution in [3.05, 3.63) is 113 Å². The van der Waals surface area contributed by atoms with Crippen LogP contribution in [0.25, 0.3) is 11.3 Å². The van der Waals surface area contributed by atoms with E-state index in [0.717, 1.165) is 40.0 Å². The molecule has 3 aromatic heterocycles. The van der Waals surface area contributed by atoms with Crippen LogP contribution >= 0.6 is 0 Å². The molecule has 36 heavy (non-hydrogen) atoms. The van der Waals surface area contributed by atoms with Crippen LogP contribution in [0, 0.1) is 12.7 Å². The third kappa shape index (κ3) is 5.12. The molecule has 8 heteroatoms. The number of oxime groups is 1.